The van der Waals surface area contributed by atoms with Crippen LogP contribution in [-0.2, 0) is 10.4 Å². The van der Waals surface area contributed by atoms with Gasteiger partial charge in [0, 0.05) is 16.0 Å². The van der Waals surface area contributed by atoms with Gasteiger partial charge in [-0.25, -0.2) is 0 Å². The summed E-state index contributed by atoms with van der Waals surface area (Å²) in [5.74, 6) is 0.0480. The molecule has 0 spiro atoms. The molecule has 0 bridgehead atoms. The number of nitrogens with one attached hydrogen (secondary N) is 1. The number of hydrogen-bond donors (Lipinski definition) is 2. The van der Waals surface area contributed by atoms with Crippen LogP contribution >= 0.6 is 22.9 Å². The first-order chi connectivity index (χ1) is 12.1. The maximum Gasteiger partial charge on any atom is 0.244 e. The lowest BCUT2D eigenvalue weighted by atomic mass is 9.98. The van der Waals surface area contributed by atoms with E-state index in [1.165, 1.54) is 23.7 Å². The average Bonchev–Trinajstić information content (AvgIpc) is 3.32. The molecule has 4 nitrogen and oxygen atoms in total. The van der Waals surface area contributed by atoms with Crippen molar-refractivity contribution in [2.24, 2.45) is 0 Å². The molecular weight excluding hydrogens is 358 g/mol. The highest BCUT2D eigenvalue weighted by Gasteiger charge is 2.35. The van der Waals surface area contributed by atoms with Gasteiger partial charge in [0.05, 0.1) is 12.8 Å². The number of carbonyl (C=O) groups excluding carboxylic acids is 1. The van der Waals surface area contributed by atoms with Crippen LogP contribution in [-0.4, -0.2) is 17.6 Å². The third-order valence-corrected chi connectivity index (χ3v) is 5.06. The second-order valence-corrected chi connectivity index (χ2v) is 6.74. The molecule has 1 unspecified atom stereocenters. The average molecular weight is 374 g/mol. The molecule has 0 radical (unpaired) electrons. The van der Waals surface area contributed by atoms with E-state index in [-0.39, 0.29) is 12.5 Å². The van der Waals surface area contributed by atoms with Crippen LogP contribution in [0.4, 0.5) is 0 Å². The van der Waals surface area contributed by atoms with Gasteiger partial charge in [-0.05, 0) is 41.3 Å². The first-order valence-corrected chi connectivity index (χ1v) is 8.86. The van der Waals surface area contributed by atoms with Crippen LogP contribution in [0.3, 0.4) is 0 Å². The molecule has 128 valence electrons. The minimum absolute atomic E-state index is 0.00722. The minimum atomic E-state index is -1.41. The number of hydrogen-bond acceptors (Lipinski definition) is 4. The number of aliphatic hydroxyl groups is 1. The second kappa shape index (κ2) is 7.70. The second-order valence-electron chi connectivity index (χ2n) is 5.39. The number of thiophene rings is 1. The summed E-state index contributed by atoms with van der Waals surface area (Å²) in [6.45, 7) is -0.00722. The van der Waals surface area contributed by atoms with Gasteiger partial charge in [-0.1, -0.05) is 35.9 Å². The molecule has 0 aliphatic heterocycles. The van der Waals surface area contributed by atoms with E-state index in [1.807, 2.05) is 29.6 Å². The molecule has 0 saturated carbocycles. The summed E-state index contributed by atoms with van der Waals surface area (Å²) in [5, 5.41) is 16.2. The van der Waals surface area contributed by atoms with Crippen molar-refractivity contribution in [1.82, 2.24) is 5.32 Å². The Kier molecular flexibility index (Phi) is 5.38. The highest BCUT2D eigenvalue weighted by atomic mass is 35.5. The van der Waals surface area contributed by atoms with Gasteiger partial charge in [0.2, 0.25) is 5.91 Å². The van der Waals surface area contributed by atoms with E-state index in [0.29, 0.717) is 15.7 Å². The van der Waals surface area contributed by atoms with E-state index in [4.69, 9.17) is 16.0 Å². The maximum atomic E-state index is 12.1. The van der Waals surface area contributed by atoms with Gasteiger partial charge in [-0.3, -0.25) is 4.79 Å². The predicted octanol–water partition coefficient (Wildman–Crippen LogP) is 4.06. The number of halogens is 1. The Balaban J connectivity index is 1.72. The molecule has 0 aliphatic rings. The quantitative estimate of drug-likeness (QED) is 0.640. The molecule has 1 aromatic carbocycles. The zero-order valence-electron chi connectivity index (χ0n) is 13.2. The summed E-state index contributed by atoms with van der Waals surface area (Å²) in [5.41, 5.74) is -0.662. The fourth-order valence-electron chi connectivity index (χ4n) is 2.37. The highest BCUT2D eigenvalue weighted by Crippen LogP contribution is 2.32. The van der Waals surface area contributed by atoms with Crippen molar-refractivity contribution in [3.63, 3.8) is 0 Å². The summed E-state index contributed by atoms with van der Waals surface area (Å²) in [6.07, 6.45) is 4.51. The van der Waals surface area contributed by atoms with Crippen molar-refractivity contribution in [1.29, 1.82) is 0 Å². The fraction of sp³-hybridized carbons (Fsp3) is 0.105. The molecule has 1 amide bonds. The summed E-state index contributed by atoms with van der Waals surface area (Å²) < 4.78 is 5.37. The van der Waals surface area contributed by atoms with Gasteiger partial charge < -0.3 is 14.8 Å². The number of furan rings is 1. The van der Waals surface area contributed by atoms with Crippen LogP contribution < -0.4 is 5.32 Å². The smallest absolute Gasteiger partial charge is 0.244 e. The lowest BCUT2D eigenvalue weighted by molar-refractivity contribution is -0.117. The lowest BCUT2D eigenvalue weighted by Crippen LogP contribution is -2.40. The van der Waals surface area contributed by atoms with Gasteiger partial charge >= 0.3 is 0 Å². The van der Waals surface area contributed by atoms with Crippen molar-refractivity contribution in [2.75, 3.05) is 6.54 Å². The zero-order valence-corrected chi connectivity index (χ0v) is 14.8. The molecule has 6 heteroatoms. The summed E-state index contributed by atoms with van der Waals surface area (Å²) in [7, 11) is 0. The topological polar surface area (TPSA) is 62.5 Å². The van der Waals surface area contributed by atoms with E-state index in [9.17, 15) is 9.90 Å². The van der Waals surface area contributed by atoms with E-state index >= 15 is 0 Å². The standard InChI is InChI=1S/C19H16ClNO3S/c20-15-6-2-1-5-14(15)9-10-18(22)21-13-19(23,16-7-3-11-24-16)17-8-4-12-25-17/h1-12,23H,13H2,(H,21,22)/b10-9+. The van der Waals surface area contributed by atoms with Crippen LogP contribution in [0.5, 0.6) is 0 Å². The molecule has 25 heavy (non-hydrogen) atoms. The van der Waals surface area contributed by atoms with Gasteiger partial charge in [0.1, 0.15) is 5.76 Å². The van der Waals surface area contributed by atoms with Crippen molar-refractivity contribution in [3.8, 4) is 0 Å². The number of rotatable bonds is 6. The fourth-order valence-corrected chi connectivity index (χ4v) is 3.40. The molecule has 1 atom stereocenters. The Hall–Kier alpha value is -2.34. The predicted molar refractivity (Wildman–Crippen MR) is 99.5 cm³/mol. The molecule has 0 fully saturated rings. The lowest BCUT2D eigenvalue weighted by Gasteiger charge is -2.24. The Morgan fingerprint density at radius 2 is 2.08 bits per heavy atom. The largest absolute Gasteiger partial charge is 0.466 e. The molecule has 2 heterocycles. The number of benzene rings is 1. The number of amides is 1. The van der Waals surface area contributed by atoms with Crippen LogP contribution in [0.15, 0.2) is 70.7 Å². The zero-order chi connectivity index (χ0) is 17.7. The Bertz CT molecular complexity index is 822. The molecule has 0 saturated heterocycles. The molecule has 3 aromatic rings. The summed E-state index contributed by atoms with van der Waals surface area (Å²) >= 11 is 7.45. The van der Waals surface area contributed by atoms with E-state index < -0.39 is 5.60 Å². The Morgan fingerprint density at radius 1 is 1.24 bits per heavy atom. The minimum Gasteiger partial charge on any atom is -0.466 e. The van der Waals surface area contributed by atoms with E-state index in [2.05, 4.69) is 5.32 Å². The van der Waals surface area contributed by atoms with Gasteiger partial charge in [0.15, 0.2) is 5.60 Å². The van der Waals surface area contributed by atoms with E-state index in [0.717, 1.165) is 5.56 Å². The first-order valence-electron chi connectivity index (χ1n) is 7.60. The van der Waals surface area contributed by atoms with Gasteiger partial charge in [-0.2, -0.15) is 0 Å². The van der Waals surface area contributed by atoms with Crippen molar-refractivity contribution in [3.05, 3.63) is 87.5 Å². The molecular formula is C19H16ClNO3S. The van der Waals surface area contributed by atoms with Crippen LogP contribution in [0.25, 0.3) is 6.08 Å². The van der Waals surface area contributed by atoms with Crippen LogP contribution in [0, 0.1) is 0 Å². The first kappa shape index (κ1) is 17.5. The van der Waals surface area contributed by atoms with Crippen LogP contribution in [0.2, 0.25) is 5.02 Å². The van der Waals surface area contributed by atoms with Crippen LogP contribution in [0.1, 0.15) is 16.2 Å². The third-order valence-electron chi connectivity index (χ3n) is 3.70. The molecule has 3 rings (SSSR count). The molecule has 2 aromatic heterocycles. The Labute approximate surface area is 154 Å². The monoisotopic (exact) mass is 373 g/mol. The van der Waals surface area contributed by atoms with Crippen molar-refractivity contribution >= 4 is 34.9 Å². The SMILES string of the molecule is O=C(/C=C/c1ccccc1Cl)NCC(O)(c1ccco1)c1cccs1. The highest BCUT2D eigenvalue weighted by molar-refractivity contribution is 7.10. The molecule has 2 N–H and O–H groups in total. The Morgan fingerprint density at radius 3 is 2.76 bits per heavy atom. The summed E-state index contributed by atoms with van der Waals surface area (Å²) in [4.78, 5) is 12.8. The normalized spacial score (nSPS) is 13.7. The third kappa shape index (κ3) is 4.02. The van der Waals surface area contributed by atoms with Gasteiger partial charge in [0.25, 0.3) is 0 Å². The summed E-state index contributed by atoms with van der Waals surface area (Å²) in [6, 6.07) is 14.3. The van der Waals surface area contributed by atoms with E-state index in [1.54, 1.807) is 30.3 Å². The molecule has 0 aliphatic carbocycles. The van der Waals surface area contributed by atoms with Crippen molar-refractivity contribution in [2.45, 2.75) is 5.60 Å². The van der Waals surface area contributed by atoms with Crippen molar-refractivity contribution < 1.29 is 14.3 Å². The van der Waals surface area contributed by atoms with Gasteiger partial charge in [-0.15, -0.1) is 11.3 Å². The number of carbonyl (C=O) groups is 1. The maximum absolute atomic E-state index is 12.1.